The Kier molecular flexibility index (Phi) is 5.47. The van der Waals surface area contributed by atoms with E-state index in [1.807, 2.05) is 43.3 Å². The number of aromatic nitrogens is 3. The van der Waals surface area contributed by atoms with E-state index < -0.39 is 0 Å². The van der Waals surface area contributed by atoms with Crippen molar-refractivity contribution in [2.45, 2.75) is 19.9 Å². The molecular weight excluding hydrogens is 388 g/mol. The lowest BCUT2D eigenvalue weighted by atomic mass is 10.1. The van der Waals surface area contributed by atoms with Crippen LogP contribution in [0.15, 0.2) is 40.9 Å². The van der Waals surface area contributed by atoms with Crippen molar-refractivity contribution in [3.05, 3.63) is 58.6 Å². The van der Waals surface area contributed by atoms with Crippen molar-refractivity contribution in [2.24, 2.45) is 0 Å². The third-order valence-electron chi connectivity index (χ3n) is 5.23. The van der Waals surface area contributed by atoms with Gasteiger partial charge in [0, 0.05) is 31.7 Å². The van der Waals surface area contributed by atoms with Crippen molar-refractivity contribution in [1.82, 2.24) is 20.0 Å². The van der Waals surface area contributed by atoms with Crippen molar-refractivity contribution in [2.75, 3.05) is 31.1 Å². The van der Waals surface area contributed by atoms with Crippen LogP contribution in [0.2, 0.25) is 5.02 Å². The Morgan fingerprint density at radius 2 is 1.79 bits per heavy atom. The molecule has 0 saturated carbocycles. The summed E-state index contributed by atoms with van der Waals surface area (Å²) in [5.41, 5.74) is 2.40. The highest BCUT2D eigenvalue weighted by Crippen LogP contribution is 2.25. The second-order valence-corrected chi connectivity index (χ2v) is 7.54. The van der Waals surface area contributed by atoms with Gasteiger partial charge in [-0.05, 0) is 26.0 Å². The first-order chi connectivity index (χ1) is 14.0. The van der Waals surface area contributed by atoms with Crippen molar-refractivity contribution in [3.8, 4) is 17.5 Å². The SMILES string of the molecule is Cc1ccc(-c2noc(C(C)N3CCN(c4ccc(Cl)c(C#N)n4)CC3)n2)cc1. The van der Waals surface area contributed by atoms with Crippen LogP contribution in [-0.4, -0.2) is 46.2 Å². The number of piperazine rings is 1. The molecule has 1 aromatic carbocycles. The first-order valence-corrected chi connectivity index (χ1v) is 9.89. The van der Waals surface area contributed by atoms with E-state index in [4.69, 9.17) is 21.4 Å². The topological polar surface area (TPSA) is 82.1 Å². The summed E-state index contributed by atoms with van der Waals surface area (Å²) in [6.45, 7) is 7.38. The number of hydrogen-bond donors (Lipinski definition) is 0. The number of anilines is 1. The van der Waals surface area contributed by atoms with Crippen LogP contribution < -0.4 is 4.90 Å². The summed E-state index contributed by atoms with van der Waals surface area (Å²) in [5, 5.41) is 13.7. The third-order valence-corrected chi connectivity index (χ3v) is 5.54. The third kappa shape index (κ3) is 4.09. The number of nitriles is 1. The van der Waals surface area contributed by atoms with Gasteiger partial charge >= 0.3 is 0 Å². The molecule has 1 unspecified atom stereocenters. The number of rotatable bonds is 4. The van der Waals surface area contributed by atoms with Gasteiger partial charge in [-0.15, -0.1) is 0 Å². The Labute approximate surface area is 174 Å². The Morgan fingerprint density at radius 1 is 1.07 bits per heavy atom. The van der Waals surface area contributed by atoms with E-state index in [2.05, 4.69) is 31.8 Å². The molecule has 148 valence electrons. The molecule has 0 spiro atoms. The second-order valence-electron chi connectivity index (χ2n) is 7.13. The summed E-state index contributed by atoms with van der Waals surface area (Å²) in [6, 6.07) is 13.7. The molecule has 0 bridgehead atoms. The highest BCUT2D eigenvalue weighted by atomic mass is 35.5. The molecule has 1 aliphatic heterocycles. The van der Waals surface area contributed by atoms with E-state index in [0.717, 1.165) is 37.6 Å². The van der Waals surface area contributed by atoms with Gasteiger partial charge in [-0.2, -0.15) is 10.2 Å². The number of benzene rings is 1. The van der Waals surface area contributed by atoms with E-state index in [9.17, 15) is 0 Å². The molecule has 7 nitrogen and oxygen atoms in total. The average Bonchev–Trinajstić information content (AvgIpc) is 3.24. The summed E-state index contributed by atoms with van der Waals surface area (Å²) < 4.78 is 5.54. The maximum atomic E-state index is 9.13. The fraction of sp³-hybridized carbons (Fsp3) is 0.333. The molecule has 29 heavy (non-hydrogen) atoms. The van der Waals surface area contributed by atoms with Crippen molar-refractivity contribution < 1.29 is 4.52 Å². The van der Waals surface area contributed by atoms with Gasteiger partial charge in [-0.3, -0.25) is 4.90 Å². The van der Waals surface area contributed by atoms with Crippen molar-refractivity contribution >= 4 is 17.4 Å². The number of aryl methyl sites for hydroxylation is 1. The quantitative estimate of drug-likeness (QED) is 0.648. The number of halogens is 1. The van der Waals surface area contributed by atoms with Crippen molar-refractivity contribution in [3.63, 3.8) is 0 Å². The zero-order valence-corrected chi connectivity index (χ0v) is 17.1. The maximum absolute atomic E-state index is 9.13. The zero-order chi connectivity index (χ0) is 20.4. The Bertz CT molecular complexity index is 1030. The monoisotopic (exact) mass is 408 g/mol. The average molecular weight is 409 g/mol. The molecule has 0 amide bonds. The van der Waals surface area contributed by atoms with Crippen LogP contribution in [0.4, 0.5) is 5.82 Å². The van der Waals surface area contributed by atoms with Crippen LogP contribution in [0, 0.1) is 18.3 Å². The Balaban J connectivity index is 1.41. The minimum absolute atomic E-state index is 0.0247. The van der Waals surface area contributed by atoms with Gasteiger partial charge in [0.1, 0.15) is 11.9 Å². The van der Waals surface area contributed by atoms with Gasteiger partial charge < -0.3 is 9.42 Å². The summed E-state index contributed by atoms with van der Waals surface area (Å²) >= 11 is 5.99. The molecule has 1 aliphatic rings. The van der Waals surface area contributed by atoms with Gasteiger partial charge in [0.25, 0.3) is 0 Å². The second kappa shape index (κ2) is 8.19. The van der Waals surface area contributed by atoms with Crippen LogP contribution in [0.25, 0.3) is 11.4 Å². The molecular formula is C21H21ClN6O. The summed E-state index contributed by atoms with van der Waals surface area (Å²) in [5.74, 6) is 2.00. The van der Waals surface area contributed by atoms with Gasteiger partial charge in [0.15, 0.2) is 5.69 Å². The fourth-order valence-electron chi connectivity index (χ4n) is 3.41. The van der Waals surface area contributed by atoms with Gasteiger partial charge in [-0.1, -0.05) is 46.6 Å². The molecule has 2 aromatic heterocycles. The van der Waals surface area contributed by atoms with Crippen LogP contribution >= 0.6 is 11.6 Å². The molecule has 0 N–H and O–H groups in total. The number of hydrogen-bond acceptors (Lipinski definition) is 7. The van der Waals surface area contributed by atoms with E-state index in [1.54, 1.807) is 6.07 Å². The summed E-state index contributed by atoms with van der Waals surface area (Å²) in [4.78, 5) is 13.4. The van der Waals surface area contributed by atoms with Crippen LogP contribution in [0.3, 0.4) is 0 Å². The zero-order valence-electron chi connectivity index (χ0n) is 16.3. The largest absolute Gasteiger partial charge is 0.354 e. The van der Waals surface area contributed by atoms with Crippen LogP contribution in [0.1, 0.15) is 30.1 Å². The predicted octanol–water partition coefficient (Wildman–Crippen LogP) is 3.85. The molecule has 0 radical (unpaired) electrons. The molecule has 4 rings (SSSR count). The Hall–Kier alpha value is -2.95. The maximum Gasteiger partial charge on any atom is 0.244 e. The summed E-state index contributed by atoms with van der Waals surface area (Å²) in [6.07, 6.45) is 0. The Morgan fingerprint density at radius 3 is 2.48 bits per heavy atom. The highest BCUT2D eigenvalue weighted by molar-refractivity contribution is 6.31. The first kappa shape index (κ1) is 19.4. The number of nitrogens with zero attached hydrogens (tertiary/aromatic N) is 6. The normalized spacial score (nSPS) is 15.9. The van der Waals surface area contributed by atoms with Crippen LogP contribution in [-0.2, 0) is 0 Å². The number of pyridine rings is 1. The van der Waals surface area contributed by atoms with Gasteiger partial charge in [-0.25, -0.2) is 4.98 Å². The van der Waals surface area contributed by atoms with Gasteiger partial charge in [0.2, 0.25) is 11.7 Å². The van der Waals surface area contributed by atoms with Crippen molar-refractivity contribution in [1.29, 1.82) is 5.26 Å². The fourth-order valence-corrected chi connectivity index (χ4v) is 3.55. The molecule has 1 atom stereocenters. The lowest BCUT2D eigenvalue weighted by Crippen LogP contribution is -2.47. The smallest absolute Gasteiger partial charge is 0.244 e. The highest BCUT2D eigenvalue weighted by Gasteiger charge is 2.26. The molecule has 8 heteroatoms. The standard InChI is InChI=1S/C21H21ClN6O/c1-14-3-5-16(6-4-14)20-25-21(29-26-20)15(2)27-9-11-28(12-10-27)19-8-7-17(22)18(13-23)24-19/h3-8,15H,9-12H2,1-2H3. The van der Waals surface area contributed by atoms with E-state index in [1.165, 1.54) is 5.56 Å². The molecule has 1 fully saturated rings. The minimum Gasteiger partial charge on any atom is -0.354 e. The van der Waals surface area contributed by atoms with Crippen LogP contribution in [0.5, 0.6) is 0 Å². The molecule has 1 saturated heterocycles. The molecule has 0 aliphatic carbocycles. The van der Waals surface area contributed by atoms with E-state index >= 15 is 0 Å². The lowest BCUT2D eigenvalue weighted by molar-refractivity contribution is 0.164. The van der Waals surface area contributed by atoms with E-state index in [0.29, 0.717) is 16.7 Å². The molecule has 3 aromatic rings. The van der Waals surface area contributed by atoms with Gasteiger partial charge in [0.05, 0.1) is 11.1 Å². The lowest BCUT2D eigenvalue weighted by Gasteiger charge is -2.37. The predicted molar refractivity (Wildman–Crippen MR) is 111 cm³/mol. The van der Waals surface area contributed by atoms with E-state index in [-0.39, 0.29) is 11.7 Å². The minimum atomic E-state index is 0.0247. The molecule has 3 heterocycles. The summed E-state index contributed by atoms with van der Waals surface area (Å²) in [7, 11) is 0. The first-order valence-electron chi connectivity index (χ1n) is 9.51.